The number of aryl methyl sites for hydroxylation is 1. The van der Waals surface area contributed by atoms with Crippen molar-refractivity contribution < 1.29 is 25.9 Å². The van der Waals surface area contributed by atoms with Gasteiger partial charge < -0.3 is 32.1 Å². The first kappa shape index (κ1) is 25.8. The molecule has 0 saturated carbocycles. The molecule has 0 aliphatic rings. The van der Waals surface area contributed by atoms with E-state index in [-0.39, 0.29) is 50.7 Å². The molecule has 0 spiro atoms. The summed E-state index contributed by atoms with van der Waals surface area (Å²) in [7, 11) is 0. The Kier molecular flexibility index (Phi) is 9.54. The van der Waals surface area contributed by atoms with Crippen molar-refractivity contribution in [1.29, 1.82) is 0 Å². The second-order valence-electron chi connectivity index (χ2n) is 7.94. The van der Waals surface area contributed by atoms with Crippen LogP contribution in [0.4, 0.5) is 5.82 Å². The van der Waals surface area contributed by atoms with Gasteiger partial charge in [-0.15, -0.1) is 5.10 Å². The zero-order chi connectivity index (χ0) is 20.8. The number of guanidine groups is 1. The predicted octanol–water partition coefficient (Wildman–Crippen LogP) is 1.19. The second-order valence-corrected chi connectivity index (χ2v) is 7.94. The Hall–Kier alpha value is -2.22. The van der Waals surface area contributed by atoms with Crippen molar-refractivity contribution in [2.24, 2.45) is 27.1 Å². The Morgan fingerprint density at radius 2 is 1.96 bits per heavy atom. The number of nitrogens with one attached hydrogen (secondary N) is 2. The molecule has 1 aromatic rings. The standard InChI is InChI=1S/C17H30N8O2.W/c1-11-8-21-13(18)14(27)25(11)9-12(26)23-17(4,5)10-16(2,3)6-7-22-24-15(19)20;/h7-8H,6,9-10H2,1-5H3,(H7,18,19,20,21,23,24,26);/p-1/b22-7+;. The van der Waals surface area contributed by atoms with E-state index in [1.165, 1.54) is 10.8 Å². The van der Waals surface area contributed by atoms with E-state index in [1.54, 1.807) is 13.1 Å². The summed E-state index contributed by atoms with van der Waals surface area (Å²) < 4.78 is 1.24. The third kappa shape index (κ3) is 8.64. The summed E-state index contributed by atoms with van der Waals surface area (Å²) in [6, 6.07) is 0. The van der Waals surface area contributed by atoms with E-state index < -0.39 is 11.1 Å². The smallest absolute Gasteiger partial charge is 0.249 e. The maximum Gasteiger partial charge on any atom is 0.249 e. The number of hydrogen-bond donors (Lipinski definition) is 3. The zero-order valence-corrected chi connectivity index (χ0v) is 19.9. The fourth-order valence-corrected chi connectivity index (χ4v) is 3.04. The molecule has 0 atom stereocenters. The average molecular weight is 561 g/mol. The van der Waals surface area contributed by atoms with Crippen LogP contribution in [0.3, 0.4) is 0 Å². The zero-order valence-electron chi connectivity index (χ0n) is 16.9. The van der Waals surface area contributed by atoms with Gasteiger partial charge in [-0.1, -0.05) is 20.0 Å². The van der Waals surface area contributed by atoms with Crippen molar-refractivity contribution in [2.75, 3.05) is 0 Å². The minimum absolute atomic E-state index is 0. The Morgan fingerprint density at radius 3 is 2.54 bits per heavy atom. The van der Waals surface area contributed by atoms with Crippen molar-refractivity contribution in [3.05, 3.63) is 28.0 Å². The van der Waals surface area contributed by atoms with E-state index in [9.17, 15) is 9.59 Å². The number of hydrogen-bond acceptors (Lipinski definition) is 5. The predicted molar refractivity (Wildman–Crippen MR) is 107 cm³/mol. The number of aromatic nitrogens is 2. The Labute approximate surface area is 179 Å². The van der Waals surface area contributed by atoms with Crippen LogP contribution in [-0.4, -0.2) is 33.2 Å². The quantitative estimate of drug-likeness (QED) is 0.246. The van der Waals surface area contributed by atoms with Crippen molar-refractivity contribution in [1.82, 2.24) is 14.9 Å². The molecule has 6 N–H and O–H groups in total. The molecule has 1 heterocycles. The van der Waals surface area contributed by atoms with E-state index in [2.05, 4.69) is 20.5 Å². The molecule has 10 nitrogen and oxygen atoms in total. The number of nitrogens with two attached hydrogens (primary N) is 2. The van der Waals surface area contributed by atoms with Gasteiger partial charge in [0.1, 0.15) is 6.54 Å². The van der Waals surface area contributed by atoms with Gasteiger partial charge in [0.25, 0.3) is 0 Å². The molecule has 1 aromatic heterocycles. The second kappa shape index (κ2) is 10.4. The van der Waals surface area contributed by atoms with Crippen molar-refractivity contribution >= 4 is 23.9 Å². The molecule has 0 unspecified atom stereocenters. The largest absolute Gasteiger partial charge is 0.478 e. The van der Waals surface area contributed by atoms with Crippen LogP contribution in [0.1, 0.15) is 46.2 Å². The summed E-state index contributed by atoms with van der Waals surface area (Å²) in [4.78, 5) is 28.1. The Morgan fingerprint density at radius 1 is 1.36 bits per heavy atom. The number of rotatable bonds is 8. The third-order valence-electron chi connectivity index (χ3n) is 3.85. The third-order valence-corrected chi connectivity index (χ3v) is 3.85. The molecule has 0 radical (unpaired) electrons. The monoisotopic (exact) mass is 561 g/mol. The van der Waals surface area contributed by atoms with Gasteiger partial charge in [-0.3, -0.25) is 9.59 Å². The van der Waals surface area contributed by atoms with Crippen LogP contribution in [0.2, 0.25) is 0 Å². The van der Waals surface area contributed by atoms with Crippen molar-refractivity contribution in [3.8, 4) is 0 Å². The van der Waals surface area contributed by atoms with Crippen LogP contribution >= 0.6 is 0 Å². The first-order valence-corrected chi connectivity index (χ1v) is 8.52. The number of carbonyl (C=O) groups excluding carboxylic acids is 1. The summed E-state index contributed by atoms with van der Waals surface area (Å²) in [5.41, 5.74) is 17.2. The molecule has 0 aromatic carbocycles. The van der Waals surface area contributed by atoms with Gasteiger partial charge >= 0.3 is 0 Å². The summed E-state index contributed by atoms with van der Waals surface area (Å²) in [5, 5.41) is 10.3. The molecular formula is C17H29N8O2W-. The maximum atomic E-state index is 12.4. The molecular weight excluding hydrogens is 532 g/mol. The number of nitrogens with zero attached hydrogens (tertiary/aromatic N) is 4. The Balaban J connectivity index is 0.00000729. The topological polar surface area (TPSA) is 165 Å². The van der Waals surface area contributed by atoms with Gasteiger partial charge in [-0.2, -0.15) is 5.10 Å². The summed E-state index contributed by atoms with van der Waals surface area (Å²) >= 11 is 0. The maximum absolute atomic E-state index is 12.4. The summed E-state index contributed by atoms with van der Waals surface area (Å²) in [6.45, 7) is 9.44. The SMILES string of the molecule is Cc1cnc([NH-])c(=O)n1CC(=O)NC(C)(C)CC(C)(C)C/C=N/N=C(N)N.[W]. The average Bonchev–Trinajstić information content (AvgIpc) is 2.50. The molecule has 156 valence electrons. The van der Waals surface area contributed by atoms with Gasteiger partial charge in [0.15, 0.2) is 0 Å². The van der Waals surface area contributed by atoms with Crippen molar-refractivity contribution in [2.45, 2.75) is 59.5 Å². The number of carbonyl (C=O) groups is 1. The first-order chi connectivity index (χ1) is 12.3. The van der Waals surface area contributed by atoms with E-state index >= 15 is 0 Å². The van der Waals surface area contributed by atoms with Crippen LogP contribution in [-0.2, 0) is 32.4 Å². The fourth-order valence-electron chi connectivity index (χ4n) is 3.04. The van der Waals surface area contributed by atoms with Gasteiger partial charge in [-0.05, 0) is 39.0 Å². The van der Waals surface area contributed by atoms with Crippen LogP contribution in [0.5, 0.6) is 0 Å². The molecule has 0 aliphatic heterocycles. The molecule has 0 aliphatic carbocycles. The van der Waals surface area contributed by atoms with Crippen molar-refractivity contribution in [3.63, 3.8) is 0 Å². The van der Waals surface area contributed by atoms with E-state index in [0.29, 0.717) is 18.5 Å². The molecule has 28 heavy (non-hydrogen) atoms. The molecule has 1 rings (SSSR count). The van der Waals surface area contributed by atoms with E-state index in [1.807, 2.05) is 27.7 Å². The normalized spacial score (nSPS) is 11.8. The van der Waals surface area contributed by atoms with Crippen LogP contribution < -0.4 is 22.3 Å². The Bertz CT molecular complexity index is 795. The van der Waals surface area contributed by atoms with E-state index in [4.69, 9.17) is 17.2 Å². The van der Waals surface area contributed by atoms with Crippen LogP contribution in [0, 0.1) is 12.3 Å². The van der Waals surface area contributed by atoms with Crippen LogP contribution in [0.15, 0.2) is 21.2 Å². The van der Waals surface area contributed by atoms with Gasteiger partial charge in [0.2, 0.25) is 17.4 Å². The van der Waals surface area contributed by atoms with Crippen LogP contribution in [0.25, 0.3) is 5.73 Å². The van der Waals surface area contributed by atoms with Gasteiger partial charge in [0.05, 0.1) is 0 Å². The van der Waals surface area contributed by atoms with Gasteiger partial charge in [-0.25, -0.2) is 0 Å². The minimum Gasteiger partial charge on any atom is -0.478 e. The molecule has 1 amide bonds. The van der Waals surface area contributed by atoms with E-state index in [0.717, 1.165) is 0 Å². The summed E-state index contributed by atoms with van der Waals surface area (Å²) in [6.07, 6.45) is 4.32. The summed E-state index contributed by atoms with van der Waals surface area (Å²) in [5.74, 6) is -0.788. The minimum atomic E-state index is -0.584. The fraction of sp³-hybridized carbons (Fsp3) is 0.588. The molecule has 0 saturated heterocycles. The first-order valence-electron chi connectivity index (χ1n) is 8.52. The molecule has 11 heteroatoms. The van der Waals surface area contributed by atoms with Gasteiger partial charge in [0, 0.05) is 44.3 Å². The molecule has 0 fully saturated rings. The molecule has 0 bridgehead atoms. The number of amides is 1.